The maximum Gasteiger partial charge on any atom is 0.319 e. The smallest absolute Gasteiger partial charge is 0.319 e. The van der Waals surface area contributed by atoms with E-state index in [1.165, 1.54) is 12.1 Å². The number of aliphatic hydroxyl groups is 2. The molecule has 0 aromatic heterocycles. The SMILES string of the molecule is C[C@H]1c2ccc(NC(=O)NC(C)(C)C)c(O)c2C(=O)C2C(=O)[C@]3(O)C(=O)C(C(N)=O)C(=O)C[C@@H]3[C@@H](O)[C@@H]21. The maximum absolute atomic E-state index is 13.6. The van der Waals surface area contributed by atoms with Crippen LogP contribution in [0.5, 0.6) is 5.75 Å². The van der Waals surface area contributed by atoms with Crippen LogP contribution in [0.15, 0.2) is 12.1 Å². The number of aromatic hydroxyl groups is 1. The summed E-state index contributed by atoms with van der Waals surface area (Å²) in [6.07, 6.45) is -2.30. The van der Waals surface area contributed by atoms with Gasteiger partial charge in [0.05, 0.1) is 23.3 Å². The number of anilines is 1. The van der Waals surface area contributed by atoms with E-state index in [1.807, 2.05) is 0 Å². The topological polar surface area (TPSA) is 213 Å². The summed E-state index contributed by atoms with van der Waals surface area (Å²) < 4.78 is 0. The molecule has 1 aromatic carbocycles. The summed E-state index contributed by atoms with van der Waals surface area (Å²) in [5, 5.41) is 38.5. The number of amides is 3. The van der Waals surface area contributed by atoms with Gasteiger partial charge in [-0.1, -0.05) is 13.0 Å². The fourth-order valence-corrected chi connectivity index (χ4v) is 5.95. The van der Waals surface area contributed by atoms with Crippen LogP contribution >= 0.6 is 0 Å². The van der Waals surface area contributed by atoms with E-state index in [4.69, 9.17) is 5.73 Å². The fraction of sp³-hybridized carbons (Fsp3) is 0.520. The second-order valence-corrected chi connectivity index (χ2v) is 11.1. The monoisotopic (exact) mass is 515 g/mol. The van der Waals surface area contributed by atoms with Crippen molar-refractivity contribution in [2.45, 2.75) is 57.3 Å². The van der Waals surface area contributed by atoms with Gasteiger partial charge in [0.2, 0.25) is 5.91 Å². The number of aliphatic hydroxyl groups excluding tert-OH is 1. The number of fused-ring (bicyclic) bond motifs is 3. The molecule has 0 spiro atoms. The van der Waals surface area contributed by atoms with Crippen molar-refractivity contribution in [3.05, 3.63) is 23.3 Å². The van der Waals surface area contributed by atoms with Gasteiger partial charge in [-0.3, -0.25) is 24.0 Å². The number of ketones is 4. The minimum atomic E-state index is -2.99. The summed E-state index contributed by atoms with van der Waals surface area (Å²) in [6, 6.07) is 2.19. The maximum atomic E-state index is 13.6. The van der Waals surface area contributed by atoms with Crippen molar-refractivity contribution in [2.75, 3.05) is 5.32 Å². The van der Waals surface area contributed by atoms with Crippen LogP contribution in [0.2, 0.25) is 0 Å². The highest BCUT2D eigenvalue weighted by Crippen LogP contribution is 2.54. The number of phenolic OH excluding ortho intramolecular Hbond substituents is 1. The molecule has 3 aliphatic rings. The lowest BCUT2D eigenvalue weighted by Gasteiger charge is -2.52. The highest BCUT2D eigenvalue weighted by atomic mass is 16.3. The largest absolute Gasteiger partial charge is 0.505 e. The number of carbonyl (C=O) groups is 6. The number of hydrogen-bond acceptors (Lipinski definition) is 9. The molecule has 4 rings (SSSR count). The van der Waals surface area contributed by atoms with Gasteiger partial charge >= 0.3 is 6.03 Å². The number of urea groups is 1. The summed E-state index contributed by atoms with van der Waals surface area (Å²) >= 11 is 0. The Labute approximate surface area is 211 Å². The van der Waals surface area contributed by atoms with Crippen LogP contribution in [0.1, 0.15) is 56.0 Å². The van der Waals surface area contributed by atoms with Gasteiger partial charge in [0.15, 0.2) is 34.7 Å². The lowest BCUT2D eigenvalue weighted by atomic mass is 9.50. The highest BCUT2D eigenvalue weighted by molar-refractivity contribution is 6.31. The lowest BCUT2D eigenvalue weighted by Crippen LogP contribution is -2.72. The first-order valence-electron chi connectivity index (χ1n) is 11.8. The molecule has 2 saturated carbocycles. The van der Waals surface area contributed by atoms with Crippen LogP contribution < -0.4 is 16.4 Å². The third-order valence-electron chi connectivity index (χ3n) is 7.60. The number of phenols is 1. The second-order valence-electron chi connectivity index (χ2n) is 11.1. The van der Waals surface area contributed by atoms with Crippen LogP contribution in [0.4, 0.5) is 10.5 Å². The third-order valence-corrected chi connectivity index (χ3v) is 7.60. The number of benzene rings is 1. The van der Waals surface area contributed by atoms with E-state index in [2.05, 4.69) is 10.6 Å². The van der Waals surface area contributed by atoms with Gasteiger partial charge in [-0.05, 0) is 38.3 Å². The number of nitrogens with two attached hydrogens (primary N) is 1. The predicted molar refractivity (Wildman–Crippen MR) is 127 cm³/mol. The van der Waals surface area contributed by atoms with Gasteiger partial charge in [0, 0.05) is 23.8 Å². The van der Waals surface area contributed by atoms with Crippen molar-refractivity contribution < 1.29 is 44.1 Å². The lowest BCUT2D eigenvalue weighted by molar-refractivity contribution is -0.189. The standard InChI is InChI=1S/C25H29N3O9/c1-8-9-5-6-11(27-23(36)28-24(2,3)4)18(31)14(9)19(32)16-13(8)17(30)10-7-12(29)15(22(26)35)20(33)25(10,37)21(16)34/h5-6,8,10,13,15-17,30-31,37H,7H2,1-4H3,(H2,26,35)(H2,27,28,36)/t8-,10+,13+,15?,16?,17+,25+/m0/s1. The Morgan fingerprint density at radius 1 is 1.11 bits per heavy atom. The molecule has 0 saturated heterocycles. The number of hydrogen-bond donors (Lipinski definition) is 6. The van der Waals surface area contributed by atoms with Gasteiger partial charge < -0.3 is 31.7 Å². The average molecular weight is 516 g/mol. The highest BCUT2D eigenvalue weighted by Gasteiger charge is 2.69. The van der Waals surface area contributed by atoms with Crippen molar-refractivity contribution in [1.29, 1.82) is 0 Å². The summed E-state index contributed by atoms with van der Waals surface area (Å²) in [4.78, 5) is 76.8. The first-order chi connectivity index (χ1) is 17.0. The molecule has 198 valence electrons. The van der Waals surface area contributed by atoms with Gasteiger partial charge in [-0.15, -0.1) is 0 Å². The molecule has 12 nitrogen and oxygen atoms in total. The van der Waals surface area contributed by atoms with E-state index in [0.29, 0.717) is 0 Å². The van der Waals surface area contributed by atoms with Crippen LogP contribution in [-0.2, 0) is 19.2 Å². The molecule has 0 heterocycles. The van der Waals surface area contributed by atoms with Crippen LogP contribution in [-0.4, -0.2) is 67.6 Å². The molecule has 37 heavy (non-hydrogen) atoms. The van der Waals surface area contributed by atoms with Crippen molar-refractivity contribution in [2.24, 2.45) is 29.4 Å². The van der Waals surface area contributed by atoms with E-state index < -0.39 is 94.1 Å². The summed E-state index contributed by atoms with van der Waals surface area (Å²) in [5.74, 6) is -13.8. The van der Waals surface area contributed by atoms with E-state index in [9.17, 15) is 44.1 Å². The molecule has 0 radical (unpaired) electrons. The number of carbonyl (C=O) groups excluding carboxylic acids is 6. The first-order valence-corrected chi connectivity index (χ1v) is 11.8. The second kappa shape index (κ2) is 8.45. The van der Waals surface area contributed by atoms with Gasteiger partial charge in [0.25, 0.3) is 0 Å². The summed E-state index contributed by atoms with van der Waals surface area (Å²) in [6.45, 7) is 6.82. The normalized spacial score (nSPS) is 33.2. The Balaban J connectivity index is 1.79. The van der Waals surface area contributed by atoms with Crippen molar-refractivity contribution in [3.63, 3.8) is 0 Å². The number of rotatable bonds is 2. The van der Waals surface area contributed by atoms with Crippen LogP contribution in [0.3, 0.4) is 0 Å². The predicted octanol–water partition coefficient (Wildman–Crippen LogP) is -0.221. The van der Waals surface area contributed by atoms with Crippen molar-refractivity contribution >= 4 is 40.8 Å². The first kappa shape index (κ1) is 26.4. The van der Waals surface area contributed by atoms with Gasteiger partial charge in [0.1, 0.15) is 5.75 Å². The zero-order valence-electron chi connectivity index (χ0n) is 20.7. The summed E-state index contributed by atoms with van der Waals surface area (Å²) in [7, 11) is 0. The van der Waals surface area contributed by atoms with Crippen LogP contribution in [0.25, 0.3) is 0 Å². The van der Waals surface area contributed by atoms with Crippen molar-refractivity contribution in [3.8, 4) is 5.75 Å². The Hall–Kier alpha value is -3.64. The Morgan fingerprint density at radius 2 is 1.73 bits per heavy atom. The molecular weight excluding hydrogens is 486 g/mol. The molecule has 12 heteroatoms. The molecular formula is C25H29N3O9. The number of nitrogens with one attached hydrogen (secondary N) is 2. The third kappa shape index (κ3) is 3.82. The minimum Gasteiger partial charge on any atom is -0.505 e. The average Bonchev–Trinajstić information content (AvgIpc) is 2.76. The molecule has 2 unspecified atom stereocenters. The molecule has 1 aromatic rings. The Bertz CT molecular complexity index is 1270. The fourth-order valence-electron chi connectivity index (χ4n) is 5.95. The quantitative estimate of drug-likeness (QED) is 0.226. The summed E-state index contributed by atoms with van der Waals surface area (Å²) in [5.41, 5.74) is 1.45. The molecule has 7 atom stereocenters. The Kier molecular flexibility index (Phi) is 6.04. The minimum absolute atomic E-state index is 0.118. The van der Waals surface area contributed by atoms with Crippen LogP contribution in [0, 0.1) is 23.7 Å². The van der Waals surface area contributed by atoms with Crippen molar-refractivity contribution in [1.82, 2.24) is 5.32 Å². The zero-order valence-corrected chi connectivity index (χ0v) is 20.7. The van der Waals surface area contributed by atoms with Gasteiger partial charge in [-0.25, -0.2) is 4.79 Å². The van der Waals surface area contributed by atoms with Gasteiger partial charge in [-0.2, -0.15) is 0 Å². The molecule has 3 amide bonds. The molecule has 0 bridgehead atoms. The van der Waals surface area contributed by atoms with E-state index in [1.54, 1.807) is 27.7 Å². The number of primary amides is 1. The van der Waals surface area contributed by atoms with E-state index in [0.717, 1.165) is 0 Å². The molecule has 2 fully saturated rings. The van der Waals surface area contributed by atoms with E-state index in [-0.39, 0.29) is 16.8 Å². The molecule has 7 N–H and O–H groups in total. The zero-order chi connectivity index (χ0) is 27.8. The molecule has 0 aliphatic heterocycles. The molecule has 3 aliphatic carbocycles. The number of Topliss-reactive ketones (excluding diaryl/α,β-unsaturated/α-hetero) is 4. The Morgan fingerprint density at radius 3 is 2.30 bits per heavy atom. The van der Waals surface area contributed by atoms with E-state index >= 15 is 0 Å².